The zero-order valence-electron chi connectivity index (χ0n) is 10.4. The molecule has 0 saturated carbocycles. The Hall–Kier alpha value is -1.73. The lowest BCUT2D eigenvalue weighted by atomic mass is 10.0. The van der Waals surface area contributed by atoms with Crippen LogP contribution < -0.4 is 0 Å². The smallest absolute Gasteiger partial charge is 0.0467 e. The SMILES string of the molecule is Cc1ccc(-c2cc3cc(Cl)ccc3[nH]2)c(C)c1. The molecule has 2 heteroatoms. The molecule has 1 N–H and O–H groups in total. The maximum absolute atomic E-state index is 6.01. The molecule has 0 spiro atoms. The van der Waals surface area contributed by atoms with Gasteiger partial charge in [-0.15, -0.1) is 0 Å². The third-order valence-corrected chi connectivity index (χ3v) is 3.49. The van der Waals surface area contributed by atoms with Crippen LogP contribution in [0.25, 0.3) is 22.2 Å². The van der Waals surface area contributed by atoms with Crippen LogP contribution in [0.2, 0.25) is 5.02 Å². The largest absolute Gasteiger partial charge is 0.355 e. The van der Waals surface area contributed by atoms with Crippen molar-refractivity contribution in [2.45, 2.75) is 13.8 Å². The Balaban J connectivity index is 2.19. The fourth-order valence-corrected chi connectivity index (χ4v) is 2.54. The van der Waals surface area contributed by atoms with E-state index < -0.39 is 0 Å². The second-order valence-electron chi connectivity index (χ2n) is 4.73. The lowest BCUT2D eigenvalue weighted by Crippen LogP contribution is -1.84. The van der Waals surface area contributed by atoms with Gasteiger partial charge in [0, 0.05) is 27.2 Å². The van der Waals surface area contributed by atoms with E-state index in [2.05, 4.69) is 43.1 Å². The summed E-state index contributed by atoms with van der Waals surface area (Å²) in [6, 6.07) is 14.6. The van der Waals surface area contributed by atoms with E-state index in [4.69, 9.17) is 11.6 Å². The Bertz CT molecular complexity index is 725. The molecule has 0 saturated heterocycles. The van der Waals surface area contributed by atoms with Crippen molar-refractivity contribution in [2.24, 2.45) is 0 Å². The van der Waals surface area contributed by atoms with Crippen LogP contribution in [0.1, 0.15) is 11.1 Å². The average Bonchev–Trinajstić information content (AvgIpc) is 2.71. The zero-order chi connectivity index (χ0) is 12.7. The van der Waals surface area contributed by atoms with Crippen LogP contribution >= 0.6 is 11.6 Å². The van der Waals surface area contributed by atoms with Crippen LogP contribution in [0, 0.1) is 13.8 Å². The van der Waals surface area contributed by atoms with Crippen molar-refractivity contribution < 1.29 is 0 Å². The maximum Gasteiger partial charge on any atom is 0.0467 e. The number of hydrogen-bond acceptors (Lipinski definition) is 0. The number of H-pyrrole nitrogens is 1. The molecule has 18 heavy (non-hydrogen) atoms. The Morgan fingerprint density at radius 2 is 1.78 bits per heavy atom. The standard InChI is InChI=1S/C16H14ClN/c1-10-3-5-14(11(2)7-10)16-9-12-8-13(17)4-6-15(12)18-16/h3-9,18H,1-2H3. The first-order chi connectivity index (χ1) is 8.63. The molecule has 1 nitrogen and oxygen atoms in total. The van der Waals surface area contributed by atoms with E-state index >= 15 is 0 Å². The highest BCUT2D eigenvalue weighted by atomic mass is 35.5. The molecular weight excluding hydrogens is 242 g/mol. The minimum Gasteiger partial charge on any atom is -0.355 e. The number of aryl methyl sites for hydroxylation is 2. The van der Waals surface area contributed by atoms with Gasteiger partial charge in [-0.25, -0.2) is 0 Å². The van der Waals surface area contributed by atoms with Crippen molar-refractivity contribution >= 4 is 22.5 Å². The van der Waals surface area contributed by atoms with Crippen LogP contribution in [0.5, 0.6) is 0 Å². The van der Waals surface area contributed by atoms with E-state index in [1.54, 1.807) is 0 Å². The number of halogens is 1. The summed E-state index contributed by atoms with van der Waals surface area (Å²) in [7, 11) is 0. The Labute approximate surface area is 111 Å². The van der Waals surface area contributed by atoms with Crippen LogP contribution in [0.3, 0.4) is 0 Å². The molecule has 0 atom stereocenters. The van der Waals surface area contributed by atoms with Crippen LogP contribution in [0.4, 0.5) is 0 Å². The van der Waals surface area contributed by atoms with Crippen LogP contribution in [-0.4, -0.2) is 4.98 Å². The topological polar surface area (TPSA) is 15.8 Å². The highest BCUT2D eigenvalue weighted by Crippen LogP contribution is 2.28. The fraction of sp³-hybridized carbons (Fsp3) is 0.125. The van der Waals surface area contributed by atoms with E-state index in [-0.39, 0.29) is 0 Å². The second kappa shape index (κ2) is 4.18. The fourth-order valence-electron chi connectivity index (χ4n) is 2.36. The van der Waals surface area contributed by atoms with Crippen LogP contribution in [0.15, 0.2) is 42.5 Å². The van der Waals surface area contributed by atoms with Crippen molar-refractivity contribution in [1.82, 2.24) is 4.98 Å². The summed E-state index contributed by atoms with van der Waals surface area (Å²) in [5, 5.41) is 1.92. The van der Waals surface area contributed by atoms with E-state index in [0.717, 1.165) is 21.6 Å². The molecule has 0 amide bonds. The lowest BCUT2D eigenvalue weighted by molar-refractivity contribution is 1.35. The lowest BCUT2D eigenvalue weighted by Gasteiger charge is -2.04. The number of benzene rings is 2. The molecule has 0 aliphatic heterocycles. The van der Waals surface area contributed by atoms with Gasteiger partial charge in [0.25, 0.3) is 0 Å². The minimum atomic E-state index is 0.772. The predicted octanol–water partition coefficient (Wildman–Crippen LogP) is 5.11. The summed E-state index contributed by atoms with van der Waals surface area (Å²) in [4.78, 5) is 3.44. The molecule has 2 aromatic carbocycles. The van der Waals surface area contributed by atoms with Crippen molar-refractivity contribution in [1.29, 1.82) is 0 Å². The van der Waals surface area contributed by atoms with Crippen molar-refractivity contribution in [2.75, 3.05) is 0 Å². The highest BCUT2D eigenvalue weighted by Gasteiger charge is 2.06. The van der Waals surface area contributed by atoms with E-state index in [0.29, 0.717) is 0 Å². The van der Waals surface area contributed by atoms with Gasteiger partial charge in [-0.1, -0.05) is 35.4 Å². The predicted molar refractivity (Wildman–Crippen MR) is 78.2 cm³/mol. The monoisotopic (exact) mass is 255 g/mol. The van der Waals surface area contributed by atoms with Gasteiger partial charge < -0.3 is 4.98 Å². The normalized spacial score (nSPS) is 11.1. The van der Waals surface area contributed by atoms with E-state index in [9.17, 15) is 0 Å². The third-order valence-electron chi connectivity index (χ3n) is 3.25. The van der Waals surface area contributed by atoms with Crippen LogP contribution in [-0.2, 0) is 0 Å². The third kappa shape index (κ3) is 1.91. The molecular formula is C16H14ClN. The molecule has 0 unspecified atom stereocenters. The molecule has 0 aliphatic rings. The van der Waals surface area contributed by atoms with Gasteiger partial charge in [-0.2, -0.15) is 0 Å². The Kier molecular flexibility index (Phi) is 2.64. The van der Waals surface area contributed by atoms with Gasteiger partial charge in [0.15, 0.2) is 0 Å². The van der Waals surface area contributed by atoms with Crippen molar-refractivity contribution in [3.63, 3.8) is 0 Å². The van der Waals surface area contributed by atoms with Gasteiger partial charge >= 0.3 is 0 Å². The summed E-state index contributed by atoms with van der Waals surface area (Å²) in [6.07, 6.45) is 0. The van der Waals surface area contributed by atoms with Gasteiger partial charge in [0.1, 0.15) is 0 Å². The Morgan fingerprint density at radius 3 is 2.56 bits per heavy atom. The maximum atomic E-state index is 6.01. The summed E-state index contributed by atoms with van der Waals surface area (Å²) in [5.74, 6) is 0. The van der Waals surface area contributed by atoms with Crippen molar-refractivity contribution in [3.8, 4) is 11.3 Å². The van der Waals surface area contributed by atoms with Crippen molar-refractivity contribution in [3.05, 3.63) is 58.6 Å². The average molecular weight is 256 g/mol. The number of fused-ring (bicyclic) bond motifs is 1. The first-order valence-corrected chi connectivity index (χ1v) is 6.37. The molecule has 0 radical (unpaired) electrons. The van der Waals surface area contributed by atoms with Gasteiger partial charge in [0.05, 0.1) is 0 Å². The molecule has 90 valence electrons. The molecule has 0 aliphatic carbocycles. The van der Waals surface area contributed by atoms with E-state index in [1.807, 2.05) is 18.2 Å². The summed E-state index contributed by atoms with van der Waals surface area (Å²) >= 11 is 6.01. The first kappa shape index (κ1) is 11.4. The quantitative estimate of drug-likeness (QED) is 0.622. The number of aromatic nitrogens is 1. The summed E-state index contributed by atoms with van der Waals surface area (Å²) in [6.45, 7) is 4.25. The Morgan fingerprint density at radius 1 is 0.944 bits per heavy atom. The molecule has 3 rings (SSSR count). The summed E-state index contributed by atoms with van der Waals surface area (Å²) in [5.41, 5.74) is 6.08. The van der Waals surface area contributed by atoms with Gasteiger partial charge in [-0.05, 0) is 43.7 Å². The molecule has 1 aromatic heterocycles. The molecule has 0 fully saturated rings. The first-order valence-electron chi connectivity index (χ1n) is 5.99. The molecule has 3 aromatic rings. The number of nitrogens with one attached hydrogen (secondary N) is 1. The zero-order valence-corrected chi connectivity index (χ0v) is 11.2. The second-order valence-corrected chi connectivity index (χ2v) is 5.17. The minimum absolute atomic E-state index is 0.772. The van der Waals surface area contributed by atoms with Gasteiger partial charge in [0.2, 0.25) is 0 Å². The molecule has 0 bridgehead atoms. The number of rotatable bonds is 1. The van der Waals surface area contributed by atoms with E-state index in [1.165, 1.54) is 16.7 Å². The number of hydrogen-bond donors (Lipinski definition) is 1. The van der Waals surface area contributed by atoms with Gasteiger partial charge in [-0.3, -0.25) is 0 Å². The number of aromatic amines is 1. The highest BCUT2D eigenvalue weighted by molar-refractivity contribution is 6.31. The summed E-state index contributed by atoms with van der Waals surface area (Å²) < 4.78 is 0. The molecule has 1 heterocycles.